The molecule has 104 valence electrons. The summed E-state index contributed by atoms with van der Waals surface area (Å²) in [6, 6.07) is 3.78. The average molecular weight is 299 g/mol. The summed E-state index contributed by atoms with van der Waals surface area (Å²) >= 11 is 0. The van der Waals surface area contributed by atoms with Gasteiger partial charge in [-0.25, -0.2) is 8.78 Å². The van der Waals surface area contributed by atoms with Crippen molar-refractivity contribution in [1.29, 1.82) is 0 Å². The van der Waals surface area contributed by atoms with Crippen LogP contribution in [0.5, 0.6) is 0 Å². The van der Waals surface area contributed by atoms with E-state index in [9.17, 15) is 8.78 Å². The van der Waals surface area contributed by atoms with E-state index in [1.54, 1.807) is 12.4 Å². The summed E-state index contributed by atoms with van der Waals surface area (Å²) in [5.41, 5.74) is 6.69. The highest BCUT2D eigenvalue weighted by Gasteiger charge is 2.41. The van der Waals surface area contributed by atoms with Crippen LogP contribution in [0.1, 0.15) is 31.2 Å². The number of hydrogen-bond donors (Lipinski definition) is 1. The Balaban J connectivity index is 0.00000144. The zero-order valence-electron chi connectivity index (χ0n) is 9.94. The Hall–Kier alpha value is -0.450. The van der Waals surface area contributed by atoms with Crippen LogP contribution in [-0.2, 0) is 6.42 Å². The molecule has 0 aliphatic heterocycles. The van der Waals surface area contributed by atoms with Crippen LogP contribution in [0.25, 0.3) is 0 Å². The van der Waals surface area contributed by atoms with E-state index in [0.717, 1.165) is 5.56 Å². The van der Waals surface area contributed by atoms with Gasteiger partial charge in [0.15, 0.2) is 0 Å². The number of halogens is 4. The largest absolute Gasteiger partial charge is 0.325 e. The van der Waals surface area contributed by atoms with Gasteiger partial charge in [-0.1, -0.05) is 6.07 Å². The molecular weight excluding hydrogens is 281 g/mol. The Morgan fingerprint density at radius 1 is 1.17 bits per heavy atom. The molecule has 0 unspecified atom stereocenters. The highest BCUT2D eigenvalue weighted by atomic mass is 35.5. The lowest BCUT2D eigenvalue weighted by Crippen LogP contribution is -2.47. The number of aromatic nitrogens is 1. The quantitative estimate of drug-likeness (QED) is 0.909. The number of hydrogen-bond acceptors (Lipinski definition) is 2. The fourth-order valence-electron chi connectivity index (χ4n) is 2.20. The second kappa shape index (κ2) is 6.64. The molecule has 2 N–H and O–H groups in total. The minimum absolute atomic E-state index is 0. The molecule has 1 aliphatic carbocycles. The molecule has 1 saturated carbocycles. The molecule has 6 heteroatoms. The Morgan fingerprint density at radius 2 is 1.78 bits per heavy atom. The van der Waals surface area contributed by atoms with Crippen LogP contribution in [0.3, 0.4) is 0 Å². The molecule has 1 aliphatic rings. The molecule has 1 fully saturated rings. The van der Waals surface area contributed by atoms with E-state index in [1.807, 2.05) is 12.1 Å². The van der Waals surface area contributed by atoms with Crippen molar-refractivity contribution < 1.29 is 8.78 Å². The second-order valence-electron chi connectivity index (χ2n) is 4.76. The van der Waals surface area contributed by atoms with Crippen LogP contribution < -0.4 is 5.73 Å². The highest BCUT2D eigenvalue weighted by Crippen LogP contribution is 2.38. The molecule has 0 radical (unpaired) electrons. The van der Waals surface area contributed by atoms with E-state index in [1.165, 1.54) is 0 Å². The zero-order valence-corrected chi connectivity index (χ0v) is 11.6. The maximum absolute atomic E-state index is 13.0. The van der Waals surface area contributed by atoms with Gasteiger partial charge >= 0.3 is 0 Å². The Kier molecular flexibility index (Phi) is 6.47. The molecule has 2 nitrogen and oxygen atoms in total. The summed E-state index contributed by atoms with van der Waals surface area (Å²) in [4.78, 5) is 4.01. The van der Waals surface area contributed by atoms with E-state index in [4.69, 9.17) is 5.73 Å². The first kappa shape index (κ1) is 17.6. The summed E-state index contributed by atoms with van der Waals surface area (Å²) in [5.74, 6) is -2.52. The van der Waals surface area contributed by atoms with E-state index < -0.39 is 11.5 Å². The van der Waals surface area contributed by atoms with Crippen molar-refractivity contribution in [2.45, 2.75) is 43.6 Å². The third-order valence-corrected chi connectivity index (χ3v) is 3.26. The van der Waals surface area contributed by atoms with Crippen molar-refractivity contribution in [3.63, 3.8) is 0 Å². The van der Waals surface area contributed by atoms with Gasteiger partial charge in [-0.2, -0.15) is 0 Å². The van der Waals surface area contributed by atoms with E-state index in [2.05, 4.69) is 4.98 Å². The van der Waals surface area contributed by atoms with Gasteiger partial charge in [0.1, 0.15) is 0 Å². The normalized spacial score (nSPS) is 20.4. The molecular formula is C12H18Cl2F2N2. The molecule has 0 amide bonds. The highest BCUT2D eigenvalue weighted by molar-refractivity contribution is 5.85. The van der Waals surface area contributed by atoms with Gasteiger partial charge in [0.25, 0.3) is 0 Å². The molecule has 1 heterocycles. The maximum atomic E-state index is 13.0. The van der Waals surface area contributed by atoms with Crippen molar-refractivity contribution in [3.8, 4) is 0 Å². The van der Waals surface area contributed by atoms with Gasteiger partial charge < -0.3 is 5.73 Å². The first-order chi connectivity index (χ1) is 7.49. The fourth-order valence-corrected chi connectivity index (χ4v) is 2.20. The van der Waals surface area contributed by atoms with Crippen molar-refractivity contribution >= 4 is 24.8 Å². The monoisotopic (exact) mass is 298 g/mol. The predicted molar refractivity (Wildman–Crippen MR) is 72.8 cm³/mol. The Morgan fingerprint density at radius 3 is 2.28 bits per heavy atom. The average Bonchev–Trinajstić information content (AvgIpc) is 2.25. The summed E-state index contributed by atoms with van der Waals surface area (Å²) in [7, 11) is 0. The number of alkyl halides is 2. The second-order valence-corrected chi connectivity index (χ2v) is 4.76. The minimum atomic E-state index is -2.52. The van der Waals surface area contributed by atoms with Crippen LogP contribution in [0.4, 0.5) is 8.78 Å². The third kappa shape index (κ3) is 4.67. The van der Waals surface area contributed by atoms with Gasteiger partial charge in [-0.05, 0) is 30.9 Å². The molecule has 0 spiro atoms. The van der Waals surface area contributed by atoms with E-state index >= 15 is 0 Å². The topological polar surface area (TPSA) is 38.9 Å². The number of rotatable bonds is 2. The molecule has 1 aromatic heterocycles. The lowest BCUT2D eigenvalue weighted by atomic mass is 9.77. The lowest BCUT2D eigenvalue weighted by molar-refractivity contribution is -0.0505. The van der Waals surface area contributed by atoms with Gasteiger partial charge in [0.05, 0.1) is 0 Å². The smallest absolute Gasteiger partial charge is 0.248 e. The molecule has 0 saturated heterocycles. The third-order valence-electron chi connectivity index (χ3n) is 3.26. The molecule has 18 heavy (non-hydrogen) atoms. The Labute approximate surface area is 118 Å². The zero-order chi connectivity index (χ0) is 11.6. The number of nitrogens with two attached hydrogens (primary N) is 1. The summed E-state index contributed by atoms with van der Waals surface area (Å²) in [6.07, 6.45) is 4.66. The summed E-state index contributed by atoms with van der Waals surface area (Å²) in [5, 5.41) is 0. The fraction of sp³-hybridized carbons (Fsp3) is 0.583. The van der Waals surface area contributed by atoms with Crippen molar-refractivity contribution in [3.05, 3.63) is 30.1 Å². The van der Waals surface area contributed by atoms with Crippen LogP contribution in [0.15, 0.2) is 24.5 Å². The molecule has 2 rings (SSSR count). The van der Waals surface area contributed by atoms with Crippen LogP contribution in [-0.4, -0.2) is 16.4 Å². The van der Waals surface area contributed by atoms with E-state index in [0.29, 0.717) is 19.3 Å². The molecule has 0 bridgehead atoms. The minimum Gasteiger partial charge on any atom is -0.325 e. The SMILES string of the molecule is Cl.Cl.NC1(Cc2cccnc2)CCC(F)(F)CC1. The Bertz CT molecular complexity index is 350. The molecule has 0 atom stereocenters. The van der Waals surface area contributed by atoms with Crippen molar-refractivity contribution in [2.24, 2.45) is 5.73 Å². The first-order valence-corrected chi connectivity index (χ1v) is 5.55. The maximum Gasteiger partial charge on any atom is 0.248 e. The number of pyridine rings is 1. The first-order valence-electron chi connectivity index (χ1n) is 5.55. The molecule has 1 aromatic rings. The van der Waals surface area contributed by atoms with Crippen LogP contribution >= 0.6 is 24.8 Å². The molecule has 0 aromatic carbocycles. The summed E-state index contributed by atoms with van der Waals surface area (Å²) in [6.45, 7) is 0. The van der Waals surface area contributed by atoms with Gasteiger partial charge in [-0.15, -0.1) is 24.8 Å². The van der Waals surface area contributed by atoms with E-state index in [-0.39, 0.29) is 37.7 Å². The number of nitrogens with zero attached hydrogens (tertiary/aromatic N) is 1. The van der Waals surface area contributed by atoms with Crippen molar-refractivity contribution in [2.75, 3.05) is 0 Å². The van der Waals surface area contributed by atoms with Gasteiger partial charge in [-0.3, -0.25) is 4.98 Å². The predicted octanol–water partition coefficient (Wildman–Crippen LogP) is 3.37. The van der Waals surface area contributed by atoms with Gasteiger partial charge in [0, 0.05) is 30.8 Å². The lowest BCUT2D eigenvalue weighted by Gasteiger charge is -2.37. The van der Waals surface area contributed by atoms with Gasteiger partial charge in [0.2, 0.25) is 5.92 Å². The standard InChI is InChI=1S/C12H16F2N2.2ClH/c13-12(14)5-3-11(15,4-6-12)8-10-2-1-7-16-9-10;;/h1-2,7,9H,3-6,8,15H2;2*1H. The van der Waals surface area contributed by atoms with Crippen molar-refractivity contribution in [1.82, 2.24) is 4.98 Å². The van der Waals surface area contributed by atoms with Crippen LogP contribution in [0.2, 0.25) is 0 Å². The summed E-state index contributed by atoms with van der Waals surface area (Å²) < 4.78 is 26.0. The van der Waals surface area contributed by atoms with Crippen LogP contribution in [0, 0.1) is 0 Å².